The number of nitrogens with one attached hydrogen (secondary N) is 1. The van der Waals surface area contributed by atoms with Crippen molar-refractivity contribution in [2.45, 2.75) is 37.4 Å². The van der Waals surface area contributed by atoms with Crippen LogP contribution in [-0.2, 0) is 10.2 Å². The van der Waals surface area contributed by atoms with Crippen LogP contribution in [0.2, 0.25) is 0 Å². The van der Waals surface area contributed by atoms with Crippen LogP contribution >= 0.6 is 35.7 Å². The van der Waals surface area contributed by atoms with Gasteiger partial charge < -0.3 is 19.7 Å². The second-order valence-electron chi connectivity index (χ2n) is 8.12. The quantitative estimate of drug-likeness (QED) is 0.352. The van der Waals surface area contributed by atoms with Crippen LogP contribution in [0.3, 0.4) is 0 Å². The van der Waals surface area contributed by atoms with Crippen molar-refractivity contribution in [3.63, 3.8) is 0 Å². The molecule has 1 aromatic rings. The molecule has 0 spiro atoms. The molecular formula is C22H36IN3O2S. The maximum absolute atomic E-state index is 5.69. The van der Waals surface area contributed by atoms with Crippen LogP contribution in [0, 0.1) is 5.92 Å². The van der Waals surface area contributed by atoms with Gasteiger partial charge in [0.05, 0.1) is 7.11 Å². The lowest BCUT2D eigenvalue weighted by Crippen LogP contribution is -2.52. The lowest BCUT2D eigenvalue weighted by Gasteiger charge is -2.41. The first kappa shape index (κ1) is 24.6. The summed E-state index contributed by atoms with van der Waals surface area (Å²) in [5.41, 5.74) is 1.43. The zero-order valence-electron chi connectivity index (χ0n) is 18.1. The molecule has 164 valence electrons. The predicted molar refractivity (Wildman–Crippen MR) is 134 cm³/mol. The Morgan fingerprint density at radius 3 is 2.59 bits per heavy atom. The number of hydrogen-bond donors (Lipinski definition) is 1. The van der Waals surface area contributed by atoms with Gasteiger partial charge in [-0.15, -0.1) is 24.0 Å². The van der Waals surface area contributed by atoms with Gasteiger partial charge in [-0.1, -0.05) is 26.0 Å². The molecule has 29 heavy (non-hydrogen) atoms. The second-order valence-corrected chi connectivity index (χ2v) is 9.47. The van der Waals surface area contributed by atoms with E-state index < -0.39 is 0 Å². The van der Waals surface area contributed by atoms with E-state index in [1.54, 1.807) is 7.11 Å². The molecule has 0 aromatic heterocycles. The summed E-state index contributed by atoms with van der Waals surface area (Å²) in [5, 5.41) is 4.39. The smallest absolute Gasteiger partial charge is 0.193 e. The van der Waals surface area contributed by atoms with Crippen LogP contribution < -0.4 is 10.1 Å². The lowest BCUT2D eigenvalue weighted by atomic mass is 9.74. The van der Waals surface area contributed by atoms with Gasteiger partial charge in [0.2, 0.25) is 0 Å². The molecule has 3 rings (SSSR count). The molecule has 0 bridgehead atoms. The maximum atomic E-state index is 5.69. The Morgan fingerprint density at radius 1 is 1.31 bits per heavy atom. The summed E-state index contributed by atoms with van der Waals surface area (Å²) in [6.45, 7) is 9.26. The fraction of sp³-hybridized carbons (Fsp3) is 0.682. The number of rotatable bonds is 5. The van der Waals surface area contributed by atoms with Crippen molar-refractivity contribution in [1.82, 2.24) is 10.2 Å². The minimum Gasteiger partial charge on any atom is -0.497 e. The normalized spacial score (nSPS) is 22.2. The SMILES string of the molecule is CN=C(NCC1(c2ccc(OC)cc2)CCOCC1)N1CCSC(C(C)C)C1.I. The Labute approximate surface area is 197 Å². The van der Waals surface area contributed by atoms with E-state index in [0.29, 0.717) is 11.2 Å². The molecule has 2 aliphatic rings. The van der Waals surface area contributed by atoms with E-state index in [-0.39, 0.29) is 29.4 Å². The van der Waals surface area contributed by atoms with Gasteiger partial charge in [-0.05, 0) is 36.5 Å². The monoisotopic (exact) mass is 533 g/mol. The zero-order valence-corrected chi connectivity index (χ0v) is 21.3. The summed E-state index contributed by atoms with van der Waals surface area (Å²) in [6.07, 6.45) is 2.04. The standard InChI is InChI=1S/C22H35N3O2S.HI/c1-17(2)20-15-25(11-14-28-20)21(23-3)24-16-22(9-12-27-13-10-22)18-5-7-19(26-4)8-6-18;/h5-8,17,20H,9-16H2,1-4H3,(H,23,24);1H. The van der Waals surface area contributed by atoms with Gasteiger partial charge in [-0.3, -0.25) is 4.99 Å². The van der Waals surface area contributed by atoms with Crippen molar-refractivity contribution in [2.75, 3.05) is 52.8 Å². The third kappa shape index (κ3) is 6.17. The second kappa shape index (κ2) is 11.6. The largest absolute Gasteiger partial charge is 0.497 e. The van der Waals surface area contributed by atoms with E-state index in [2.05, 4.69) is 65.1 Å². The summed E-state index contributed by atoms with van der Waals surface area (Å²) >= 11 is 2.10. The van der Waals surface area contributed by atoms with Gasteiger partial charge in [0.15, 0.2) is 5.96 Å². The number of aliphatic imine (C=N–C) groups is 1. The van der Waals surface area contributed by atoms with Crippen molar-refractivity contribution >= 4 is 41.7 Å². The van der Waals surface area contributed by atoms with Crippen molar-refractivity contribution in [1.29, 1.82) is 0 Å². The van der Waals surface area contributed by atoms with E-state index in [4.69, 9.17) is 9.47 Å². The van der Waals surface area contributed by atoms with Gasteiger partial charge in [0, 0.05) is 56.3 Å². The molecule has 2 fully saturated rings. The molecule has 2 aliphatic heterocycles. The number of ether oxygens (including phenoxy) is 2. The molecule has 1 N–H and O–H groups in total. The maximum Gasteiger partial charge on any atom is 0.193 e. The fourth-order valence-corrected chi connectivity index (χ4v) is 5.42. The zero-order chi connectivity index (χ0) is 20.0. The molecule has 0 aliphatic carbocycles. The van der Waals surface area contributed by atoms with Crippen molar-refractivity contribution in [3.05, 3.63) is 29.8 Å². The predicted octanol–water partition coefficient (Wildman–Crippen LogP) is 4.01. The van der Waals surface area contributed by atoms with E-state index in [1.807, 2.05) is 7.05 Å². The first-order valence-corrected chi connectivity index (χ1v) is 11.4. The Balaban J connectivity index is 0.00000300. The third-order valence-electron chi connectivity index (χ3n) is 6.09. The molecule has 2 heterocycles. The third-order valence-corrected chi connectivity index (χ3v) is 7.63. The Morgan fingerprint density at radius 2 is 2.00 bits per heavy atom. The van der Waals surface area contributed by atoms with Gasteiger partial charge >= 0.3 is 0 Å². The van der Waals surface area contributed by atoms with Crippen LogP contribution in [0.15, 0.2) is 29.3 Å². The van der Waals surface area contributed by atoms with Crippen LogP contribution in [0.5, 0.6) is 5.75 Å². The molecule has 0 radical (unpaired) electrons. The van der Waals surface area contributed by atoms with Crippen LogP contribution in [0.1, 0.15) is 32.3 Å². The number of guanidine groups is 1. The molecule has 2 saturated heterocycles. The Hall–Kier alpha value is -0.670. The number of nitrogens with zero attached hydrogens (tertiary/aromatic N) is 2. The molecule has 7 heteroatoms. The van der Waals surface area contributed by atoms with Gasteiger partial charge in [0.25, 0.3) is 0 Å². The van der Waals surface area contributed by atoms with Crippen LogP contribution in [0.25, 0.3) is 0 Å². The highest BCUT2D eigenvalue weighted by atomic mass is 127. The Kier molecular flexibility index (Phi) is 9.88. The molecule has 0 saturated carbocycles. The average molecular weight is 534 g/mol. The molecule has 5 nitrogen and oxygen atoms in total. The minimum absolute atomic E-state index is 0. The minimum atomic E-state index is 0. The highest BCUT2D eigenvalue weighted by Gasteiger charge is 2.35. The summed E-state index contributed by atoms with van der Waals surface area (Å²) in [5.74, 6) is 3.79. The fourth-order valence-electron chi connectivity index (χ4n) is 4.13. The van der Waals surface area contributed by atoms with Crippen LogP contribution in [-0.4, -0.2) is 68.9 Å². The molecular weight excluding hydrogens is 497 g/mol. The first-order chi connectivity index (χ1) is 13.6. The van der Waals surface area contributed by atoms with Crippen molar-refractivity contribution in [2.24, 2.45) is 10.9 Å². The first-order valence-electron chi connectivity index (χ1n) is 10.4. The van der Waals surface area contributed by atoms with Gasteiger partial charge in [-0.2, -0.15) is 11.8 Å². The van der Waals surface area contributed by atoms with E-state index in [0.717, 1.165) is 57.4 Å². The number of thioether (sulfide) groups is 1. The van der Waals surface area contributed by atoms with Gasteiger partial charge in [-0.25, -0.2) is 0 Å². The van der Waals surface area contributed by atoms with E-state index in [9.17, 15) is 0 Å². The number of benzene rings is 1. The summed E-state index contributed by atoms with van der Waals surface area (Å²) in [4.78, 5) is 7.05. The van der Waals surface area contributed by atoms with Crippen LogP contribution in [0.4, 0.5) is 0 Å². The summed E-state index contributed by atoms with van der Waals surface area (Å²) in [7, 11) is 3.62. The summed E-state index contributed by atoms with van der Waals surface area (Å²) < 4.78 is 11.0. The van der Waals surface area contributed by atoms with Crippen molar-refractivity contribution in [3.8, 4) is 5.75 Å². The summed E-state index contributed by atoms with van der Waals surface area (Å²) in [6, 6.07) is 8.55. The van der Waals surface area contributed by atoms with Gasteiger partial charge in [0.1, 0.15) is 5.75 Å². The average Bonchev–Trinajstić information content (AvgIpc) is 2.75. The topological polar surface area (TPSA) is 46.1 Å². The number of hydrogen-bond acceptors (Lipinski definition) is 4. The highest BCUT2D eigenvalue weighted by molar-refractivity contribution is 14.0. The van der Waals surface area contributed by atoms with E-state index >= 15 is 0 Å². The number of halogens is 1. The lowest BCUT2D eigenvalue weighted by molar-refractivity contribution is 0.0511. The Bertz CT molecular complexity index is 648. The highest BCUT2D eigenvalue weighted by Crippen LogP contribution is 2.35. The molecule has 1 unspecified atom stereocenters. The molecule has 0 amide bonds. The van der Waals surface area contributed by atoms with Crippen molar-refractivity contribution < 1.29 is 9.47 Å². The molecule has 1 atom stereocenters. The molecule has 1 aromatic carbocycles. The van der Waals surface area contributed by atoms with E-state index in [1.165, 1.54) is 11.3 Å². The number of methoxy groups -OCH3 is 1.